The minimum Gasteiger partial charge on any atom is -0.352 e. The summed E-state index contributed by atoms with van der Waals surface area (Å²) in [6.45, 7) is 1.33. The lowest BCUT2D eigenvalue weighted by atomic mass is 10.2. The highest BCUT2D eigenvalue weighted by Crippen LogP contribution is 2.11. The molecule has 0 fully saturated rings. The number of benzene rings is 2. The van der Waals surface area contributed by atoms with Crippen molar-refractivity contribution in [3.8, 4) is 5.69 Å². The summed E-state index contributed by atoms with van der Waals surface area (Å²) in [5.41, 5.74) is 3.29. The lowest BCUT2D eigenvalue weighted by molar-refractivity contribution is 0.806. The Balaban J connectivity index is 0.00000243. The molecule has 2 aromatic carbocycles. The normalized spacial score (nSPS) is 10.9. The van der Waals surface area contributed by atoms with Crippen molar-refractivity contribution >= 4 is 41.5 Å². The average Bonchev–Trinajstić information content (AvgIpc) is 3.17. The van der Waals surface area contributed by atoms with E-state index in [2.05, 4.69) is 32.9 Å². The molecular formula is C19H21ClIN5. The highest BCUT2D eigenvalue weighted by atomic mass is 127. The SMILES string of the molecule is CN=C(NCc1cccc(Cl)c1)NCc1cccc(-n2cccn2)c1.I. The summed E-state index contributed by atoms with van der Waals surface area (Å²) in [6, 6.07) is 17.9. The van der Waals surface area contributed by atoms with Crippen molar-refractivity contribution in [2.75, 3.05) is 7.05 Å². The molecule has 0 radical (unpaired) electrons. The van der Waals surface area contributed by atoms with Crippen molar-refractivity contribution in [2.45, 2.75) is 13.1 Å². The van der Waals surface area contributed by atoms with Gasteiger partial charge in [0.05, 0.1) is 5.69 Å². The minimum atomic E-state index is 0. The number of guanidine groups is 1. The van der Waals surface area contributed by atoms with Gasteiger partial charge in [0.15, 0.2) is 5.96 Å². The molecule has 7 heteroatoms. The Morgan fingerprint density at radius 2 is 1.73 bits per heavy atom. The van der Waals surface area contributed by atoms with E-state index < -0.39 is 0 Å². The van der Waals surface area contributed by atoms with Crippen LogP contribution in [-0.2, 0) is 13.1 Å². The van der Waals surface area contributed by atoms with Crippen LogP contribution in [0.2, 0.25) is 5.02 Å². The third-order valence-electron chi connectivity index (χ3n) is 3.71. The average molecular weight is 482 g/mol. The fourth-order valence-corrected chi connectivity index (χ4v) is 2.68. The number of halogens is 2. The van der Waals surface area contributed by atoms with E-state index in [-0.39, 0.29) is 24.0 Å². The summed E-state index contributed by atoms with van der Waals surface area (Å²) in [6.07, 6.45) is 3.70. The van der Waals surface area contributed by atoms with Gasteiger partial charge in [-0.15, -0.1) is 24.0 Å². The van der Waals surface area contributed by atoms with Crippen LogP contribution in [0.4, 0.5) is 0 Å². The summed E-state index contributed by atoms with van der Waals surface area (Å²) in [5, 5.41) is 11.6. The van der Waals surface area contributed by atoms with Gasteiger partial charge in [-0.25, -0.2) is 4.68 Å². The van der Waals surface area contributed by atoms with Gasteiger partial charge in [0.1, 0.15) is 0 Å². The molecule has 3 rings (SSSR count). The van der Waals surface area contributed by atoms with Gasteiger partial charge in [-0.1, -0.05) is 35.9 Å². The maximum absolute atomic E-state index is 6.01. The maximum Gasteiger partial charge on any atom is 0.191 e. The fourth-order valence-electron chi connectivity index (χ4n) is 2.47. The molecule has 1 heterocycles. The fraction of sp³-hybridized carbons (Fsp3) is 0.158. The van der Waals surface area contributed by atoms with Crippen LogP contribution in [0, 0.1) is 0 Å². The largest absolute Gasteiger partial charge is 0.352 e. The summed E-state index contributed by atoms with van der Waals surface area (Å²) < 4.78 is 1.84. The molecule has 0 atom stereocenters. The second-order valence-electron chi connectivity index (χ2n) is 5.53. The van der Waals surface area contributed by atoms with Crippen LogP contribution in [-0.4, -0.2) is 22.8 Å². The van der Waals surface area contributed by atoms with Crippen LogP contribution in [0.25, 0.3) is 5.69 Å². The number of aromatic nitrogens is 2. The van der Waals surface area contributed by atoms with Gasteiger partial charge in [0, 0.05) is 37.6 Å². The van der Waals surface area contributed by atoms with Gasteiger partial charge in [-0.05, 0) is 41.5 Å². The zero-order chi connectivity index (χ0) is 17.5. The van der Waals surface area contributed by atoms with E-state index >= 15 is 0 Å². The lowest BCUT2D eigenvalue weighted by Crippen LogP contribution is -2.36. The second-order valence-corrected chi connectivity index (χ2v) is 5.97. The standard InChI is InChI=1S/C19H20ClN5.HI/c1-21-19(22-13-15-5-2-7-17(20)11-15)23-14-16-6-3-8-18(12-16)25-10-4-9-24-25;/h2-12H,13-14H2,1H3,(H2,21,22,23);1H. The third-order valence-corrected chi connectivity index (χ3v) is 3.95. The highest BCUT2D eigenvalue weighted by molar-refractivity contribution is 14.0. The minimum absolute atomic E-state index is 0. The van der Waals surface area contributed by atoms with Crippen molar-refractivity contribution in [1.82, 2.24) is 20.4 Å². The molecule has 3 aromatic rings. The predicted molar refractivity (Wildman–Crippen MR) is 117 cm³/mol. The number of rotatable bonds is 5. The van der Waals surface area contributed by atoms with Gasteiger partial charge >= 0.3 is 0 Å². The number of hydrogen-bond acceptors (Lipinski definition) is 2. The Hall–Kier alpha value is -2.06. The van der Waals surface area contributed by atoms with Crippen LogP contribution >= 0.6 is 35.6 Å². The molecular weight excluding hydrogens is 461 g/mol. The van der Waals surface area contributed by atoms with Gasteiger partial charge in [0.2, 0.25) is 0 Å². The summed E-state index contributed by atoms with van der Waals surface area (Å²) >= 11 is 6.01. The number of aliphatic imine (C=N–C) groups is 1. The van der Waals surface area contributed by atoms with Crippen LogP contribution < -0.4 is 10.6 Å². The second kappa shape index (κ2) is 10.2. The zero-order valence-electron chi connectivity index (χ0n) is 14.4. The molecule has 0 unspecified atom stereocenters. The number of nitrogens with zero attached hydrogens (tertiary/aromatic N) is 3. The zero-order valence-corrected chi connectivity index (χ0v) is 17.5. The molecule has 1 aromatic heterocycles. The van der Waals surface area contributed by atoms with E-state index in [1.165, 1.54) is 0 Å². The van der Waals surface area contributed by atoms with Gasteiger partial charge < -0.3 is 10.6 Å². The first-order chi connectivity index (χ1) is 12.2. The van der Waals surface area contributed by atoms with Crippen molar-refractivity contribution in [1.29, 1.82) is 0 Å². The van der Waals surface area contributed by atoms with Crippen LogP contribution in [0.15, 0.2) is 72.0 Å². The highest BCUT2D eigenvalue weighted by Gasteiger charge is 2.02. The van der Waals surface area contributed by atoms with E-state index in [4.69, 9.17) is 11.6 Å². The summed E-state index contributed by atoms with van der Waals surface area (Å²) in [5.74, 6) is 0.740. The molecule has 0 aliphatic rings. The topological polar surface area (TPSA) is 54.2 Å². The number of nitrogens with one attached hydrogen (secondary N) is 2. The predicted octanol–water partition coefficient (Wildman–Crippen LogP) is 4.01. The van der Waals surface area contributed by atoms with Crippen LogP contribution in [0.3, 0.4) is 0 Å². The molecule has 2 N–H and O–H groups in total. The van der Waals surface area contributed by atoms with E-state index in [1.807, 2.05) is 53.3 Å². The Labute approximate surface area is 175 Å². The molecule has 136 valence electrons. The number of hydrogen-bond donors (Lipinski definition) is 2. The molecule has 5 nitrogen and oxygen atoms in total. The molecule has 0 bridgehead atoms. The van der Waals surface area contributed by atoms with Gasteiger partial charge in [0.25, 0.3) is 0 Å². The van der Waals surface area contributed by atoms with E-state index in [1.54, 1.807) is 13.2 Å². The van der Waals surface area contributed by atoms with Crippen molar-refractivity contribution in [2.24, 2.45) is 4.99 Å². The first kappa shape index (κ1) is 20.3. The maximum atomic E-state index is 6.01. The van der Waals surface area contributed by atoms with E-state index in [0.717, 1.165) is 27.8 Å². The van der Waals surface area contributed by atoms with Gasteiger partial charge in [-0.2, -0.15) is 5.10 Å². The lowest BCUT2D eigenvalue weighted by Gasteiger charge is -2.13. The summed E-state index contributed by atoms with van der Waals surface area (Å²) in [7, 11) is 1.76. The van der Waals surface area contributed by atoms with Crippen LogP contribution in [0.1, 0.15) is 11.1 Å². The first-order valence-electron chi connectivity index (χ1n) is 8.02. The molecule has 0 amide bonds. The van der Waals surface area contributed by atoms with E-state index in [9.17, 15) is 0 Å². The van der Waals surface area contributed by atoms with Crippen molar-refractivity contribution in [3.63, 3.8) is 0 Å². The Kier molecular flexibility index (Phi) is 7.93. The molecule has 0 aliphatic carbocycles. The van der Waals surface area contributed by atoms with Gasteiger partial charge in [-0.3, -0.25) is 4.99 Å². The monoisotopic (exact) mass is 481 g/mol. The molecule has 0 aliphatic heterocycles. The Morgan fingerprint density at radius 1 is 1.04 bits per heavy atom. The first-order valence-corrected chi connectivity index (χ1v) is 8.40. The quantitative estimate of drug-likeness (QED) is 0.329. The summed E-state index contributed by atoms with van der Waals surface area (Å²) in [4.78, 5) is 4.26. The molecule has 26 heavy (non-hydrogen) atoms. The Bertz CT molecular complexity index is 849. The van der Waals surface area contributed by atoms with E-state index in [0.29, 0.717) is 13.1 Å². The van der Waals surface area contributed by atoms with Crippen LogP contribution in [0.5, 0.6) is 0 Å². The third kappa shape index (κ3) is 5.74. The smallest absolute Gasteiger partial charge is 0.191 e. The molecule has 0 saturated heterocycles. The molecule has 0 saturated carbocycles. The van der Waals surface area contributed by atoms with Crippen molar-refractivity contribution in [3.05, 3.63) is 83.1 Å². The Morgan fingerprint density at radius 3 is 2.35 bits per heavy atom. The van der Waals surface area contributed by atoms with Crippen molar-refractivity contribution < 1.29 is 0 Å². The molecule has 0 spiro atoms.